The van der Waals surface area contributed by atoms with Crippen LogP contribution in [0, 0.1) is 5.92 Å². The highest BCUT2D eigenvalue weighted by molar-refractivity contribution is 5.74. The Hall–Kier alpha value is -1.71. The molecule has 1 aliphatic rings. The maximum absolute atomic E-state index is 4.52. The first-order valence-corrected chi connectivity index (χ1v) is 7.21. The highest BCUT2D eigenvalue weighted by Crippen LogP contribution is 2.27. The Bertz CT molecular complexity index is 547. The van der Waals surface area contributed by atoms with Gasteiger partial charge in [0.2, 0.25) is 5.95 Å². The molecule has 1 aromatic carbocycles. The third-order valence-electron chi connectivity index (χ3n) is 4.12. The van der Waals surface area contributed by atoms with Gasteiger partial charge in [0.1, 0.15) is 5.52 Å². The minimum absolute atomic E-state index is 0.505. The molecule has 19 heavy (non-hydrogen) atoms. The summed E-state index contributed by atoms with van der Waals surface area (Å²) in [6, 6.07) is 8.35. The van der Waals surface area contributed by atoms with E-state index in [1.165, 1.54) is 32.1 Å². The average Bonchev–Trinajstić information content (AvgIpc) is 2.48. The van der Waals surface area contributed by atoms with Crippen molar-refractivity contribution in [1.82, 2.24) is 15.2 Å². The molecule has 0 spiro atoms. The summed E-state index contributed by atoms with van der Waals surface area (Å²) < 4.78 is 0. The highest BCUT2D eigenvalue weighted by atomic mass is 15.2. The fraction of sp³-hybridized carbons (Fsp3) is 0.533. The van der Waals surface area contributed by atoms with Crippen molar-refractivity contribution in [3.05, 3.63) is 24.3 Å². The number of rotatable bonds is 3. The predicted octanol–water partition coefficient (Wildman–Crippen LogP) is 3.41. The summed E-state index contributed by atoms with van der Waals surface area (Å²) in [4.78, 5) is 4.52. The van der Waals surface area contributed by atoms with Crippen molar-refractivity contribution in [2.24, 2.45) is 5.92 Å². The molecule has 0 saturated heterocycles. The largest absolute Gasteiger partial charge is 0.350 e. The van der Waals surface area contributed by atoms with Crippen LogP contribution in [0.15, 0.2) is 24.3 Å². The first kappa shape index (κ1) is 12.3. The summed E-state index contributed by atoms with van der Waals surface area (Å²) in [5, 5.41) is 11.8. The molecule has 1 aromatic heterocycles. The Kier molecular flexibility index (Phi) is 3.58. The zero-order chi connectivity index (χ0) is 13.1. The molecule has 1 aliphatic carbocycles. The van der Waals surface area contributed by atoms with Gasteiger partial charge in [0.25, 0.3) is 0 Å². The maximum atomic E-state index is 4.52. The van der Waals surface area contributed by atoms with Crippen LogP contribution in [0.3, 0.4) is 0 Å². The summed E-state index contributed by atoms with van der Waals surface area (Å²) in [5.41, 5.74) is 1.75. The molecule has 4 nitrogen and oxygen atoms in total. The molecule has 0 radical (unpaired) electrons. The lowest BCUT2D eigenvalue weighted by molar-refractivity contribution is 0.329. The predicted molar refractivity (Wildman–Crippen MR) is 77.0 cm³/mol. The molecule has 1 fully saturated rings. The third-order valence-corrected chi connectivity index (χ3v) is 4.12. The van der Waals surface area contributed by atoms with Crippen molar-refractivity contribution in [3.63, 3.8) is 0 Å². The quantitative estimate of drug-likeness (QED) is 0.914. The van der Waals surface area contributed by atoms with E-state index in [1.54, 1.807) is 0 Å². The molecule has 1 N–H and O–H groups in total. The Morgan fingerprint density at radius 3 is 2.53 bits per heavy atom. The van der Waals surface area contributed by atoms with E-state index in [0.717, 1.165) is 17.0 Å². The Balaban J connectivity index is 1.68. The lowest BCUT2D eigenvalue weighted by Crippen LogP contribution is -2.26. The Morgan fingerprint density at radius 1 is 1.05 bits per heavy atom. The van der Waals surface area contributed by atoms with E-state index in [-0.39, 0.29) is 0 Å². The van der Waals surface area contributed by atoms with Crippen LogP contribution in [0.1, 0.15) is 39.0 Å². The van der Waals surface area contributed by atoms with Crippen LogP contribution in [0.5, 0.6) is 0 Å². The second kappa shape index (κ2) is 5.51. The van der Waals surface area contributed by atoms with Crippen LogP contribution in [-0.4, -0.2) is 21.2 Å². The molecule has 1 saturated carbocycles. The van der Waals surface area contributed by atoms with Crippen LogP contribution >= 0.6 is 0 Å². The van der Waals surface area contributed by atoms with Crippen molar-refractivity contribution in [3.8, 4) is 0 Å². The Morgan fingerprint density at radius 2 is 1.79 bits per heavy atom. The fourth-order valence-electron chi connectivity index (χ4n) is 2.84. The summed E-state index contributed by atoms with van der Waals surface area (Å²) in [7, 11) is 0. The van der Waals surface area contributed by atoms with Gasteiger partial charge in [-0.1, -0.05) is 25.5 Å². The van der Waals surface area contributed by atoms with E-state index in [2.05, 4.69) is 27.4 Å². The monoisotopic (exact) mass is 256 g/mol. The topological polar surface area (TPSA) is 50.7 Å². The zero-order valence-corrected chi connectivity index (χ0v) is 11.3. The molecule has 100 valence electrons. The lowest BCUT2D eigenvalue weighted by Gasteiger charge is -2.28. The van der Waals surface area contributed by atoms with E-state index >= 15 is 0 Å². The summed E-state index contributed by atoms with van der Waals surface area (Å²) >= 11 is 0. The first-order valence-electron chi connectivity index (χ1n) is 7.21. The molecule has 0 unspecified atom stereocenters. The summed E-state index contributed by atoms with van der Waals surface area (Å²) in [6.45, 7) is 2.29. The van der Waals surface area contributed by atoms with Gasteiger partial charge < -0.3 is 5.32 Å². The minimum atomic E-state index is 0.505. The number of fused-ring (bicyclic) bond motifs is 1. The van der Waals surface area contributed by atoms with Crippen molar-refractivity contribution >= 4 is 17.0 Å². The normalized spacial score (nSPS) is 23.4. The van der Waals surface area contributed by atoms with Gasteiger partial charge in [0.15, 0.2) is 0 Å². The van der Waals surface area contributed by atoms with Crippen LogP contribution in [-0.2, 0) is 0 Å². The van der Waals surface area contributed by atoms with Crippen LogP contribution in [0.25, 0.3) is 11.0 Å². The molecule has 0 bridgehead atoms. The molecule has 1 heterocycles. The van der Waals surface area contributed by atoms with E-state index in [1.807, 2.05) is 24.3 Å². The molecule has 3 rings (SSSR count). The highest BCUT2D eigenvalue weighted by Gasteiger charge is 2.20. The smallest absolute Gasteiger partial charge is 0.243 e. The van der Waals surface area contributed by atoms with Gasteiger partial charge in [0.05, 0.1) is 5.52 Å². The van der Waals surface area contributed by atoms with Gasteiger partial charge in [-0.15, -0.1) is 10.2 Å². The second-order valence-electron chi connectivity index (χ2n) is 5.39. The Labute approximate surface area is 113 Å². The van der Waals surface area contributed by atoms with Gasteiger partial charge in [-0.3, -0.25) is 0 Å². The molecule has 0 atom stereocenters. The van der Waals surface area contributed by atoms with Crippen LogP contribution in [0.4, 0.5) is 5.95 Å². The zero-order valence-electron chi connectivity index (χ0n) is 11.3. The number of para-hydroxylation sites is 1. The molecule has 0 aliphatic heterocycles. The molecular formula is C15H20N4. The summed E-state index contributed by atoms with van der Waals surface area (Å²) in [6.07, 6.45) is 6.37. The lowest BCUT2D eigenvalue weighted by atomic mass is 9.85. The van der Waals surface area contributed by atoms with E-state index in [9.17, 15) is 0 Å². The number of benzene rings is 1. The molecule has 4 heteroatoms. The maximum Gasteiger partial charge on any atom is 0.243 e. The number of anilines is 1. The fourth-order valence-corrected chi connectivity index (χ4v) is 2.84. The number of nitrogens with one attached hydrogen (secondary N) is 1. The number of nitrogens with zero attached hydrogens (tertiary/aromatic N) is 3. The van der Waals surface area contributed by atoms with Crippen molar-refractivity contribution in [1.29, 1.82) is 0 Å². The van der Waals surface area contributed by atoms with E-state index in [0.29, 0.717) is 12.0 Å². The van der Waals surface area contributed by atoms with E-state index < -0.39 is 0 Å². The van der Waals surface area contributed by atoms with Crippen molar-refractivity contribution < 1.29 is 0 Å². The summed E-state index contributed by atoms with van der Waals surface area (Å²) in [5.74, 6) is 1.58. The van der Waals surface area contributed by atoms with Crippen LogP contribution in [0.2, 0.25) is 0 Å². The SMILES string of the molecule is CCC1CCC(Nc2nnc3ccccc3n2)CC1. The molecular weight excluding hydrogens is 236 g/mol. The van der Waals surface area contributed by atoms with Gasteiger partial charge in [-0.25, -0.2) is 4.98 Å². The van der Waals surface area contributed by atoms with Crippen LogP contribution < -0.4 is 5.32 Å². The first-order chi connectivity index (χ1) is 9.35. The average molecular weight is 256 g/mol. The van der Waals surface area contributed by atoms with Gasteiger partial charge in [-0.05, 0) is 43.7 Å². The van der Waals surface area contributed by atoms with Gasteiger partial charge in [0, 0.05) is 6.04 Å². The van der Waals surface area contributed by atoms with Gasteiger partial charge >= 0.3 is 0 Å². The number of aromatic nitrogens is 3. The third kappa shape index (κ3) is 2.83. The minimum Gasteiger partial charge on any atom is -0.350 e. The second-order valence-corrected chi connectivity index (χ2v) is 5.39. The standard InChI is InChI=1S/C15H20N4/c1-2-11-7-9-12(10-8-11)16-15-17-13-5-3-4-6-14(13)18-19-15/h3-6,11-12H,2,7-10H2,1H3,(H,16,17,19). The number of hydrogen-bond acceptors (Lipinski definition) is 4. The molecule has 2 aromatic rings. The van der Waals surface area contributed by atoms with Crippen molar-refractivity contribution in [2.75, 3.05) is 5.32 Å². The van der Waals surface area contributed by atoms with Crippen molar-refractivity contribution in [2.45, 2.75) is 45.1 Å². The van der Waals surface area contributed by atoms with E-state index in [4.69, 9.17) is 0 Å². The number of hydrogen-bond donors (Lipinski definition) is 1. The molecule has 0 amide bonds. The van der Waals surface area contributed by atoms with Gasteiger partial charge in [-0.2, -0.15) is 0 Å².